The van der Waals surface area contributed by atoms with Gasteiger partial charge in [0.05, 0.1) is 0 Å². The molecule has 1 aliphatic rings. The van der Waals surface area contributed by atoms with Gasteiger partial charge in [0.25, 0.3) is 0 Å². The first-order valence-electron chi connectivity index (χ1n) is 4.26. The zero-order valence-corrected chi connectivity index (χ0v) is 7.19. The summed E-state index contributed by atoms with van der Waals surface area (Å²) in [6.45, 7) is 7.69. The Morgan fingerprint density at radius 3 is 2.73 bits per heavy atom. The monoisotopic (exact) mass is 152 g/mol. The molecule has 1 N–H and O–H groups in total. The van der Waals surface area contributed by atoms with Crippen molar-refractivity contribution < 1.29 is 0 Å². The molecule has 0 unspecified atom stereocenters. The van der Waals surface area contributed by atoms with Crippen molar-refractivity contribution in [2.75, 3.05) is 32.7 Å². The number of hydrogen-bond donors (Lipinski definition) is 1. The van der Waals surface area contributed by atoms with Crippen LogP contribution in [0.4, 0.5) is 0 Å². The van der Waals surface area contributed by atoms with E-state index in [0.29, 0.717) is 0 Å². The largest absolute Gasteiger partial charge is 0.314 e. The van der Waals surface area contributed by atoms with Crippen LogP contribution < -0.4 is 5.32 Å². The van der Waals surface area contributed by atoms with Crippen LogP contribution in [0.5, 0.6) is 0 Å². The molecule has 2 heteroatoms. The van der Waals surface area contributed by atoms with Crippen molar-refractivity contribution in [2.45, 2.75) is 13.3 Å². The lowest BCUT2D eigenvalue weighted by atomic mass is 10.3. The normalized spacial score (nSPS) is 19.0. The lowest BCUT2D eigenvalue weighted by molar-refractivity contribution is 0.246. The highest BCUT2D eigenvalue weighted by molar-refractivity contribution is 4.95. The molecule has 0 aliphatic carbocycles. The molecule has 0 atom stereocenters. The molecule has 1 rings (SSSR count). The highest BCUT2D eigenvalue weighted by atomic mass is 15.2. The summed E-state index contributed by atoms with van der Waals surface area (Å²) in [5, 5.41) is 3.33. The van der Waals surface area contributed by atoms with Crippen molar-refractivity contribution in [3.63, 3.8) is 0 Å². The zero-order chi connectivity index (χ0) is 7.94. The van der Waals surface area contributed by atoms with Crippen molar-refractivity contribution in [3.05, 3.63) is 0 Å². The number of nitrogens with one attached hydrogen (secondary N) is 1. The Morgan fingerprint density at radius 1 is 1.36 bits per heavy atom. The van der Waals surface area contributed by atoms with Gasteiger partial charge in [-0.3, -0.25) is 4.90 Å². The number of rotatable bonds is 2. The minimum atomic E-state index is 1.02. The van der Waals surface area contributed by atoms with Crippen LogP contribution in [0, 0.1) is 11.8 Å². The second-order valence-corrected chi connectivity index (χ2v) is 2.77. The Balaban J connectivity index is 2.08. The highest BCUT2D eigenvalue weighted by Crippen LogP contribution is 1.92. The third kappa shape index (κ3) is 3.41. The fourth-order valence-corrected chi connectivity index (χ4v) is 1.27. The maximum absolute atomic E-state index is 3.33. The van der Waals surface area contributed by atoms with Gasteiger partial charge in [-0.05, 0) is 6.92 Å². The maximum Gasteiger partial charge on any atom is 0.0216 e. The molecule has 0 amide bonds. The summed E-state index contributed by atoms with van der Waals surface area (Å²) in [5.74, 6) is 6.00. The van der Waals surface area contributed by atoms with Gasteiger partial charge < -0.3 is 5.32 Å². The van der Waals surface area contributed by atoms with Crippen molar-refractivity contribution >= 4 is 0 Å². The number of piperazine rings is 1. The van der Waals surface area contributed by atoms with E-state index in [0.717, 1.165) is 26.1 Å². The standard InChI is InChI=1S/C9H16N2/c1-2-3-4-7-11-8-5-10-6-9-11/h10H,4-9H2,1H3. The average molecular weight is 152 g/mol. The Morgan fingerprint density at radius 2 is 2.09 bits per heavy atom. The summed E-state index contributed by atoms with van der Waals surface area (Å²) in [4.78, 5) is 2.46. The molecule has 0 spiro atoms. The van der Waals surface area contributed by atoms with Gasteiger partial charge in [-0.15, -0.1) is 11.8 Å². The van der Waals surface area contributed by atoms with Crippen molar-refractivity contribution in [2.24, 2.45) is 0 Å². The minimum Gasteiger partial charge on any atom is -0.314 e. The predicted octanol–water partition coefficient (Wildman–Crippen LogP) is 0.305. The summed E-state index contributed by atoms with van der Waals surface area (Å²) < 4.78 is 0. The molecule has 0 aromatic carbocycles. The van der Waals surface area contributed by atoms with Gasteiger partial charge in [0.1, 0.15) is 0 Å². The first-order valence-corrected chi connectivity index (χ1v) is 4.26. The summed E-state index contributed by atoms with van der Waals surface area (Å²) in [6.07, 6.45) is 1.02. The molecular weight excluding hydrogens is 136 g/mol. The molecule has 1 saturated heterocycles. The number of nitrogens with zero attached hydrogens (tertiary/aromatic N) is 1. The van der Waals surface area contributed by atoms with E-state index in [-0.39, 0.29) is 0 Å². The van der Waals surface area contributed by atoms with E-state index >= 15 is 0 Å². The second kappa shape index (κ2) is 5.17. The van der Waals surface area contributed by atoms with Crippen LogP contribution in [0.1, 0.15) is 13.3 Å². The molecule has 11 heavy (non-hydrogen) atoms. The van der Waals surface area contributed by atoms with Crippen LogP contribution in [0.15, 0.2) is 0 Å². The van der Waals surface area contributed by atoms with Crippen LogP contribution >= 0.6 is 0 Å². The maximum atomic E-state index is 3.33. The van der Waals surface area contributed by atoms with Gasteiger partial charge in [0.15, 0.2) is 0 Å². The van der Waals surface area contributed by atoms with E-state index in [2.05, 4.69) is 22.1 Å². The summed E-state index contributed by atoms with van der Waals surface area (Å²) in [5.41, 5.74) is 0. The van der Waals surface area contributed by atoms with E-state index in [4.69, 9.17) is 0 Å². The zero-order valence-electron chi connectivity index (χ0n) is 7.19. The second-order valence-electron chi connectivity index (χ2n) is 2.77. The summed E-state index contributed by atoms with van der Waals surface area (Å²) in [6, 6.07) is 0. The van der Waals surface area contributed by atoms with Crippen LogP contribution in [-0.2, 0) is 0 Å². The summed E-state index contributed by atoms with van der Waals surface area (Å²) >= 11 is 0. The van der Waals surface area contributed by atoms with Crippen LogP contribution in [0.3, 0.4) is 0 Å². The lowest BCUT2D eigenvalue weighted by Gasteiger charge is -2.26. The van der Waals surface area contributed by atoms with Gasteiger partial charge in [0.2, 0.25) is 0 Å². The topological polar surface area (TPSA) is 15.3 Å². The molecular formula is C9H16N2. The number of hydrogen-bond acceptors (Lipinski definition) is 2. The average Bonchev–Trinajstić information content (AvgIpc) is 2.07. The molecule has 1 heterocycles. The Bertz CT molecular complexity index is 149. The quantitative estimate of drug-likeness (QED) is 0.573. The Kier molecular flexibility index (Phi) is 4.03. The van der Waals surface area contributed by atoms with E-state index < -0.39 is 0 Å². The van der Waals surface area contributed by atoms with Gasteiger partial charge in [-0.2, -0.15) is 0 Å². The van der Waals surface area contributed by atoms with E-state index in [1.807, 2.05) is 6.92 Å². The van der Waals surface area contributed by atoms with E-state index in [1.54, 1.807) is 0 Å². The molecule has 0 radical (unpaired) electrons. The van der Waals surface area contributed by atoms with Gasteiger partial charge in [0, 0.05) is 39.1 Å². The molecule has 0 aromatic rings. The van der Waals surface area contributed by atoms with Gasteiger partial charge in [-0.25, -0.2) is 0 Å². The third-order valence-electron chi connectivity index (χ3n) is 1.94. The molecule has 1 fully saturated rings. The Hall–Kier alpha value is -0.520. The fourth-order valence-electron chi connectivity index (χ4n) is 1.27. The Labute approximate surface area is 69.0 Å². The minimum absolute atomic E-state index is 1.02. The van der Waals surface area contributed by atoms with Gasteiger partial charge in [-0.1, -0.05) is 0 Å². The highest BCUT2D eigenvalue weighted by Gasteiger charge is 2.06. The van der Waals surface area contributed by atoms with E-state index in [9.17, 15) is 0 Å². The van der Waals surface area contributed by atoms with E-state index in [1.165, 1.54) is 13.1 Å². The first kappa shape index (κ1) is 8.58. The fraction of sp³-hybridized carbons (Fsp3) is 0.778. The van der Waals surface area contributed by atoms with Gasteiger partial charge >= 0.3 is 0 Å². The molecule has 1 aliphatic heterocycles. The molecule has 0 saturated carbocycles. The predicted molar refractivity (Wildman–Crippen MR) is 47.4 cm³/mol. The van der Waals surface area contributed by atoms with Crippen LogP contribution in [-0.4, -0.2) is 37.6 Å². The summed E-state index contributed by atoms with van der Waals surface area (Å²) in [7, 11) is 0. The smallest absolute Gasteiger partial charge is 0.0216 e. The third-order valence-corrected chi connectivity index (χ3v) is 1.94. The first-order chi connectivity index (χ1) is 5.43. The van der Waals surface area contributed by atoms with Crippen molar-refractivity contribution in [1.29, 1.82) is 0 Å². The van der Waals surface area contributed by atoms with Crippen molar-refractivity contribution in [1.82, 2.24) is 10.2 Å². The van der Waals surface area contributed by atoms with Crippen LogP contribution in [0.2, 0.25) is 0 Å². The molecule has 0 aromatic heterocycles. The molecule has 0 bridgehead atoms. The van der Waals surface area contributed by atoms with Crippen molar-refractivity contribution in [3.8, 4) is 11.8 Å². The molecule has 2 nitrogen and oxygen atoms in total. The molecule has 62 valence electrons. The lowest BCUT2D eigenvalue weighted by Crippen LogP contribution is -2.43. The van der Waals surface area contributed by atoms with Crippen LogP contribution in [0.25, 0.3) is 0 Å². The SMILES string of the molecule is CC#CCCN1CCNCC1.